The lowest BCUT2D eigenvalue weighted by Crippen LogP contribution is -2.39. The molecule has 0 spiro atoms. The number of sulfonamides is 1. The van der Waals surface area contributed by atoms with E-state index in [1.165, 1.54) is 0 Å². The van der Waals surface area contributed by atoms with Crippen LogP contribution in [0.3, 0.4) is 0 Å². The molecule has 3 rings (SSSR count). The number of fused-ring (bicyclic) bond motifs is 1. The maximum atomic E-state index is 12.3. The second-order valence-corrected chi connectivity index (χ2v) is 7.54. The predicted octanol–water partition coefficient (Wildman–Crippen LogP) is 3.04. The van der Waals surface area contributed by atoms with Crippen LogP contribution in [0.15, 0.2) is 30.3 Å². The number of nitrogens with zero attached hydrogens (tertiary/aromatic N) is 1. The second-order valence-electron chi connectivity index (χ2n) is 5.33. The average molecular weight is 292 g/mol. The van der Waals surface area contributed by atoms with Crippen LogP contribution in [0, 0.1) is 0 Å². The fourth-order valence-electron chi connectivity index (χ4n) is 2.99. The lowest BCUT2D eigenvalue weighted by Gasteiger charge is -2.33. The van der Waals surface area contributed by atoms with Crippen LogP contribution >= 0.6 is 0 Å². The summed E-state index contributed by atoms with van der Waals surface area (Å²) in [5.41, 5.74) is 2.09. The van der Waals surface area contributed by atoms with Gasteiger partial charge in [-0.25, -0.2) is 8.42 Å². The Morgan fingerprint density at radius 2 is 2.10 bits per heavy atom. The summed E-state index contributed by atoms with van der Waals surface area (Å²) in [4.78, 5) is 3.39. The number of benzene rings is 1. The molecule has 1 fully saturated rings. The van der Waals surface area contributed by atoms with Gasteiger partial charge < -0.3 is 4.98 Å². The molecule has 108 valence electrons. The van der Waals surface area contributed by atoms with Crippen molar-refractivity contribution in [3.8, 4) is 0 Å². The van der Waals surface area contributed by atoms with Crippen molar-refractivity contribution in [2.45, 2.75) is 32.2 Å². The summed E-state index contributed by atoms with van der Waals surface area (Å²) in [6.07, 6.45) is 2.93. The van der Waals surface area contributed by atoms with Crippen LogP contribution in [0.25, 0.3) is 10.9 Å². The van der Waals surface area contributed by atoms with Crippen molar-refractivity contribution in [2.75, 3.05) is 12.3 Å². The minimum absolute atomic E-state index is 0.0406. The van der Waals surface area contributed by atoms with Gasteiger partial charge >= 0.3 is 0 Å². The van der Waals surface area contributed by atoms with Gasteiger partial charge in [0.1, 0.15) is 0 Å². The third kappa shape index (κ3) is 2.36. The third-order valence-corrected chi connectivity index (χ3v) is 5.97. The maximum absolute atomic E-state index is 12.3. The molecule has 1 unspecified atom stereocenters. The SMILES string of the molecule is CCS(=O)(=O)N1CCCCC1c1cc2ccccc2[nH]1. The summed E-state index contributed by atoms with van der Waals surface area (Å²) in [7, 11) is -3.14. The van der Waals surface area contributed by atoms with Gasteiger partial charge in [-0.05, 0) is 37.3 Å². The number of nitrogens with one attached hydrogen (secondary N) is 1. The zero-order chi connectivity index (χ0) is 14.2. The highest BCUT2D eigenvalue weighted by atomic mass is 32.2. The van der Waals surface area contributed by atoms with E-state index in [0.29, 0.717) is 6.54 Å². The molecule has 5 heteroatoms. The normalized spacial score (nSPS) is 21.4. The molecule has 1 aliphatic heterocycles. The van der Waals surface area contributed by atoms with Crippen molar-refractivity contribution in [3.63, 3.8) is 0 Å². The van der Waals surface area contributed by atoms with Gasteiger partial charge in [0.05, 0.1) is 11.8 Å². The molecule has 0 saturated carbocycles. The molecular formula is C15H20N2O2S. The summed E-state index contributed by atoms with van der Waals surface area (Å²) >= 11 is 0. The van der Waals surface area contributed by atoms with E-state index in [9.17, 15) is 8.42 Å². The van der Waals surface area contributed by atoms with E-state index in [0.717, 1.165) is 35.9 Å². The molecule has 0 bridgehead atoms. The monoisotopic (exact) mass is 292 g/mol. The molecule has 0 radical (unpaired) electrons. The zero-order valence-electron chi connectivity index (χ0n) is 11.7. The quantitative estimate of drug-likeness (QED) is 0.945. The summed E-state index contributed by atoms with van der Waals surface area (Å²) < 4.78 is 26.2. The minimum atomic E-state index is -3.14. The first kappa shape index (κ1) is 13.6. The van der Waals surface area contributed by atoms with E-state index in [1.54, 1.807) is 11.2 Å². The second kappa shape index (κ2) is 5.22. The maximum Gasteiger partial charge on any atom is 0.214 e. The van der Waals surface area contributed by atoms with E-state index in [4.69, 9.17) is 0 Å². The van der Waals surface area contributed by atoms with Crippen LogP contribution in [0.4, 0.5) is 0 Å². The van der Waals surface area contributed by atoms with Gasteiger partial charge in [-0.3, -0.25) is 0 Å². The fraction of sp³-hybridized carbons (Fsp3) is 0.467. The number of piperidine rings is 1. The van der Waals surface area contributed by atoms with Crippen LogP contribution in [0.2, 0.25) is 0 Å². The number of H-pyrrole nitrogens is 1. The first-order valence-electron chi connectivity index (χ1n) is 7.19. The number of hydrogen-bond acceptors (Lipinski definition) is 2. The van der Waals surface area contributed by atoms with E-state index < -0.39 is 10.0 Å². The van der Waals surface area contributed by atoms with Gasteiger partial charge in [-0.15, -0.1) is 0 Å². The average Bonchev–Trinajstić information content (AvgIpc) is 2.91. The highest BCUT2D eigenvalue weighted by Gasteiger charge is 2.32. The van der Waals surface area contributed by atoms with Crippen molar-refractivity contribution in [2.24, 2.45) is 0 Å². The van der Waals surface area contributed by atoms with Crippen LogP contribution in [-0.2, 0) is 10.0 Å². The predicted molar refractivity (Wildman–Crippen MR) is 81.1 cm³/mol. The Morgan fingerprint density at radius 3 is 2.85 bits per heavy atom. The molecule has 20 heavy (non-hydrogen) atoms. The van der Waals surface area contributed by atoms with E-state index in [1.807, 2.05) is 18.2 Å². The molecule has 1 N–H and O–H groups in total. The van der Waals surface area contributed by atoms with Crippen molar-refractivity contribution >= 4 is 20.9 Å². The molecule has 2 heterocycles. The van der Waals surface area contributed by atoms with Gasteiger partial charge in [-0.2, -0.15) is 4.31 Å². The Morgan fingerprint density at radius 1 is 1.30 bits per heavy atom. The highest BCUT2D eigenvalue weighted by molar-refractivity contribution is 7.89. The Hall–Kier alpha value is -1.33. The Balaban J connectivity index is 2.01. The smallest absolute Gasteiger partial charge is 0.214 e. The lowest BCUT2D eigenvalue weighted by atomic mass is 10.0. The van der Waals surface area contributed by atoms with Crippen LogP contribution in [0.5, 0.6) is 0 Å². The molecule has 1 atom stereocenters. The van der Waals surface area contributed by atoms with Gasteiger partial charge in [0.15, 0.2) is 0 Å². The molecular weight excluding hydrogens is 272 g/mol. The third-order valence-electron chi connectivity index (χ3n) is 4.09. The van der Waals surface area contributed by atoms with Gasteiger partial charge in [-0.1, -0.05) is 24.6 Å². The number of aromatic amines is 1. The summed E-state index contributed by atoms with van der Waals surface area (Å²) in [6.45, 7) is 2.35. The minimum Gasteiger partial charge on any atom is -0.357 e. The van der Waals surface area contributed by atoms with E-state index in [2.05, 4.69) is 17.1 Å². The Labute approximate surface area is 119 Å². The molecule has 2 aromatic rings. The molecule has 0 aliphatic carbocycles. The van der Waals surface area contributed by atoms with Gasteiger partial charge in [0.2, 0.25) is 10.0 Å². The van der Waals surface area contributed by atoms with E-state index >= 15 is 0 Å². The van der Waals surface area contributed by atoms with Crippen molar-refractivity contribution < 1.29 is 8.42 Å². The van der Waals surface area contributed by atoms with Crippen molar-refractivity contribution in [3.05, 3.63) is 36.0 Å². The van der Waals surface area contributed by atoms with Crippen molar-refractivity contribution in [1.29, 1.82) is 0 Å². The van der Waals surface area contributed by atoms with Crippen LogP contribution < -0.4 is 0 Å². The Kier molecular flexibility index (Phi) is 3.56. The first-order chi connectivity index (χ1) is 9.62. The number of rotatable bonds is 3. The van der Waals surface area contributed by atoms with Crippen molar-refractivity contribution in [1.82, 2.24) is 9.29 Å². The lowest BCUT2D eigenvalue weighted by molar-refractivity contribution is 0.253. The zero-order valence-corrected chi connectivity index (χ0v) is 12.5. The van der Waals surface area contributed by atoms with Gasteiger partial charge in [0.25, 0.3) is 0 Å². The topological polar surface area (TPSA) is 53.2 Å². The van der Waals surface area contributed by atoms with E-state index in [-0.39, 0.29) is 11.8 Å². The molecule has 4 nitrogen and oxygen atoms in total. The fourth-order valence-corrected chi connectivity index (χ4v) is 4.34. The first-order valence-corrected chi connectivity index (χ1v) is 8.80. The molecule has 1 aliphatic rings. The standard InChI is InChI=1S/C15H20N2O2S/c1-2-20(18,19)17-10-6-5-9-15(17)14-11-12-7-3-4-8-13(12)16-14/h3-4,7-8,11,15-16H,2,5-6,9-10H2,1H3. The highest BCUT2D eigenvalue weighted by Crippen LogP contribution is 2.34. The van der Waals surface area contributed by atoms with Gasteiger partial charge in [0, 0.05) is 17.8 Å². The molecule has 1 aromatic carbocycles. The number of para-hydroxylation sites is 1. The summed E-state index contributed by atoms with van der Waals surface area (Å²) in [5, 5.41) is 1.14. The largest absolute Gasteiger partial charge is 0.357 e. The number of aromatic nitrogens is 1. The summed E-state index contributed by atoms with van der Waals surface area (Å²) in [5.74, 6) is 0.170. The summed E-state index contributed by atoms with van der Waals surface area (Å²) in [6, 6.07) is 10.1. The molecule has 1 aromatic heterocycles. The molecule has 0 amide bonds. The van der Waals surface area contributed by atoms with Crippen LogP contribution in [-0.4, -0.2) is 30.0 Å². The molecule has 1 saturated heterocycles. The van der Waals surface area contributed by atoms with Crippen LogP contribution in [0.1, 0.15) is 37.9 Å². The number of hydrogen-bond donors (Lipinski definition) is 1. The Bertz CT molecular complexity index is 672.